The molecule has 3 aromatic carbocycles. The highest BCUT2D eigenvalue weighted by atomic mass is 127. The zero-order valence-electron chi connectivity index (χ0n) is 13.3. The lowest BCUT2D eigenvalue weighted by molar-refractivity contribution is 0.0977. The molecule has 3 nitrogen and oxygen atoms in total. The molecular formula is C20H15IN2OS. The number of hydrogen-bond acceptors (Lipinski definition) is 2. The van der Waals surface area contributed by atoms with E-state index in [0.29, 0.717) is 10.7 Å². The summed E-state index contributed by atoms with van der Waals surface area (Å²) in [4.78, 5) is 12.4. The topological polar surface area (TPSA) is 41.1 Å². The van der Waals surface area contributed by atoms with Gasteiger partial charge in [-0.05, 0) is 82.4 Å². The van der Waals surface area contributed by atoms with Crippen molar-refractivity contribution in [1.29, 1.82) is 0 Å². The molecule has 0 unspecified atom stereocenters. The smallest absolute Gasteiger partial charge is 0.258 e. The number of nitrogens with one attached hydrogen (secondary N) is 2. The number of carbonyl (C=O) groups is 1. The van der Waals surface area contributed by atoms with E-state index in [2.05, 4.69) is 57.5 Å². The first-order valence-corrected chi connectivity index (χ1v) is 9.52. The van der Waals surface area contributed by atoms with Gasteiger partial charge in [0.1, 0.15) is 0 Å². The van der Waals surface area contributed by atoms with E-state index in [1.807, 2.05) is 24.3 Å². The van der Waals surface area contributed by atoms with Crippen molar-refractivity contribution in [1.82, 2.24) is 5.32 Å². The van der Waals surface area contributed by atoms with E-state index in [0.717, 1.165) is 27.5 Å². The highest BCUT2D eigenvalue weighted by Crippen LogP contribution is 2.34. The van der Waals surface area contributed by atoms with E-state index < -0.39 is 0 Å². The van der Waals surface area contributed by atoms with Crippen LogP contribution in [0.3, 0.4) is 0 Å². The fourth-order valence-electron chi connectivity index (χ4n) is 3.33. The van der Waals surface area contributed by atoms with E-state index in [4.69, 9.17) is 12.2 Å². The van der Waals surface area contributed by atoms with Crippen LogP contribution in [0.5, 0.6) is 0 Å². The van der Waals surface area contributed by atoms with Crippen molar-refractivity contribution >= 4 is 62.3 Å². The van der Waals surface area contributed by atoms with Gasteiger partial charge in [0.2, 0.25) is 0 Å². The molecule has 0 fully saturated rings. The monoisotopic (exact) mass is 458 g/mol. The maximum absolute atomic E-state index is 12.4. The third-order valence-corrected chi connectivity index (χ3v) is 5.62. The second-order valence-corrected chi connectivity index (χ2v) is 7.57. The van der Waals surface area contributed by atoms with Gasteiger partial charge in [-0.2, -0.15) is 0 Å². The summed E-state index contributed by atoms with van der Waals surface area (Å²) in [6, 6.07) is 18.0. The lowest BCUT2D eigenvalue weighted by Crippen LogP contribution is -2.34. The van der Waals surface area contributed by atoms with E-state index in [-0.39, 0.29) is 5.91 Å². The van der Waals surface area contributed by atoms with Gasteiger partial charge in [0.15, 0.2) is 5.11 Å². The maximum Gasteiger partial charge on any atom is 0.258 e. The van der Waals surface area contributed by atoms with Gasteiger partial charge in [-0.25, -0.2) is 0 Å². The number of halogens is 1. The molecule has 1 aliphatic carbocycles. The number of thiocarbonyl (C=S) groups is 1. The van der Waals surface area contributed by atoms with Crippen molar-refractivity contribution in [2.75, 3.05) is 5.32 Å². The standard InChI is InChI=1S/C20H15IN2OS/c21-16-7-2-1-5-14(16)19(24)23-20(25)22-17-11-10-13-9-8-12-4-3-6-15(17)18(12)13/h1-7,10-11H,8-9H2,(H2,22,23,24,25). The number of amides is 1. The average molecular weight is 458 g/mol. The Balaban J connectivity index is 1.57. The van der Waals surface area contributed by atoms with Gasteiger partial charge >= 0.3 is 0 Å². The third-order valence-electron chi connectivity index (χ3n) is 4.47. The van der Waals surface area contributed by atoms with E-state index >= 15 is 0 Å². The molecule has 0 radical (unpaired) electrons. The molecule has 2 N–H and O–H groups in total. The fourth-order valence-corrected chi connectivity index (χ4v) is 4.16. The molecule has 1 amide bonds. The Bertz CT molecular complexity index is 1010. The summed E-state index contributed by atoms with van der Waals surface area (Å²) in [5.41, 5.74) is 4.30. The molecule has 0 spiro atoms. The van der Waals surface area contributed by atoms with Gasteiger partial charge in [0, 0.05) is 14.6 Å². The molecule has 0 aromatic heterocycles. The van der Waals surface area contributed by atoms with Crippen LogP contribution in [-0.4, -0.2) is 11.0 Å². The Hall–Kier alpha value is -1.99. The summed E-state index contributed by atoms with van der Waals surface area (Å²) >= 11 is 7.50. The summed E-state index contributed by atoms with van der Waals surface area (Å²) in [5, 5.41) is 8.73. The van der Waals surface area contributed by atoms with E-state index in [1.54, 1.807) is 6.07 Å². The predicted octanol–water partition coefficient (Wildman–Crippen LogP) is 4.67. The molecule has 0 aliphatic heterocycles. The van der Waals surface area contributed by atoms with Crippen LogP contribution in [0.4, 0.5) is 5.69 Å². The van der Waals surface area contributed by atoms with Crippen molar-refractivity contribution < 1.29 is 4.79 Å². The second-order valence-electron chi connectivity index (χ2n) is 6.00. The van der Waals surface area contributed by atoms with Crippen LogP contribution in [0.25, 0.3) is 10.8 Å². The van der Waals surface area contributed by atoms with Gasteiger partial charge in [-0.15, -0.1) is 0 Å². The first-order chi connectivity index (χ1) is 12.1. The molecule has 4 rings (SSSR count). The zero-order valence-corrected chi connectivity index (χ0v) is 16.3. The molecule has 0 saturated carbocycles. The molecule has 0 saturated heterocycles. The fraction of sp³-hybridized carbons (Fsp3) is 0.100. The molecule has 0 bridgehead atoms. The zero-order chi connectivity index (χ0) is 17.4. The quantitative estimate of drug-likeness (QED) is 0.433. The Morgan fingerprint density at radius 2 is 1.72 bits per heavy atom. The van der Waals surface area contributed by atoms with Crippen LogP contribution < -0.4 is 10.6 Å². The van der Waals surface area contributed by atoms with Crippen LogP contribution in [0.2, 0.25) is 0 Å². The van der Waals surface area contributed by atoms with Gasteiger partial charge in [0.25, 0.3) is 5.91 Å². The van der Waals surface area contributed by atoms with E-state index in [9.17, 15) is 4.79 Å². The highest BCUT2D eigenvalue weighted by molar-refractivity contribution is 14.1. The number of aryl methyl sites for hydroxylation is 2. The molecule has 0 atom stereocenters. The highest BCUT2D eigenvalue weighted by Gasteiger charge is 2.17. The Morgan fingerprint density at radius 1 is 0.960 bits per heavy atom. The summed E-state index contributed by atoms with van der Waals surface area (Å²) < 4.78 is 0.894. The largest absolute Gasteiger partial charge is 0.332 e. The van der Waals surface area contributed by atoms with Crippen molar-refractivity contribution in [2.45, 2.75) is 12.8 Å². The lowest BCUT2D eigenvalue weighted by Gasteiger charge is -2.13. The minimum atomic E-state index is -0.201. The third kappa shape index (κ3) is 3.14. The number of anilines is 1. The van der Waals surface area contributed by atoms with Gasteiger partial charge in [-0.3, -0.25) is 10.1 Å². The number of carbonyl (C=O) groups excluding carboxylic acids is 1. The van der Waals surface area contributed by atoms with Crippen LogP contribution in [-0.2, 0) is 12.8 Å². The normalized spacial score (nSPS) is 12.2. The number of hydrogen-bond donors (Lipinski definition) is 2. The molecule has 1 aliphatic rings. The minimum absolute atomic E-state index is 0.201. The SMILES string of the molecule is O=C(NC(=S)Nc1ccc2c3c(cccc13)CC2)c1ccccc1I. The predicted molar refractivity (Wildman–Crippen MR) is 114 cm³/mol. The molecule has 25 heavy (non-hydrogen) atoms. The van der Waals surface area contributed by atoms with Crippen molar-refractivity contribution in [3.63, 3.8) is 0 Å². The summed E-state index contributed by atoms with van der Waals surface area (Å²) in [5.74, 6) is -0.201. The van der Waals surface area contributed by atoms with Crippen molar-refractivity contribution in [3.05, 3.63) is 74.9 Å². The average Bonchev–Trinajstić information content (AvgIpc) is 3.02. The van der Waals surface area contributed by atoms with Crippen LogP contribution in [0, 0.1) is 3.57 Å². The van der Waals surface area contributed by atoms with Crippen LogP contribution in [0.1, 0.15) is 21.5 Å². The summed E-state index contributed by atoms with van der Waals surface area (Å²) in [7, 11) is 0. The lowest BCUT2D eigenvalue weighted by atomic mass is 10.0. The molecule has 3 aromatic rings. The first-order valence-electron chi connectivity index (χ1n) is 8.04. The molecule has 0 heterocycles. The first kappa shape index (κ1) is 16.5. The van der Waals surface area contributed by atoms with Gasteiger partial charge in [0.05, 0.1) is 5.56 Å². The van der Waals surface area contributed by atoms with E-state index in [1.165, 1.54) is 16.5 Å². The van der Waals surface area contributed by atoms with Crippen LogP contribution in [0.15, 0.2) is 54.6 Å². The van der Waals surface area contributed by atoms with Crippen molar-refractivity contribution in [3.8, 4) is 0 Å². The van der Waals surface area contributed by atoms with Crippen molar-refractivity contribution in [2.24, 2.45) is 0 Å². The second kappa shape index (κ2) is 6.72. The van der Waals surface area contributed by atoms with Gasteiger partial charge in [-0.1, -0.05) is 36.4 Å². The minimum Gasteiger partial charge on any atom is -0.332 e. The van der Waals surface area contributed by atoms with Crippen LogP contribution >= 0.6 is 34.8 Å². The Kier molecular flexibility index (Phi) is 4.43. The molecule has 124 valence electrons. The maximum atomic E-state index is 12.4. The summed E-state index contributed by atoms with van der Waals surface area (Å²) in [6.45, 7) is 0. The molecular weight excluding hydrogens is 443 g/mol. The Morgan fingerprint density at radius 3 is 2.52 bits per heavy atom. The summed E-state index contributed by atoms with van der Waals surface area (Å²) in [6.07, 6.45) is 2.17. The molecule has 5 heteroatoms. The van der Waals surface area contributed by atoms with Gasteiger partial charge < -0.3 is 5.32 Å². The number of rotatable bonds is 2. The number of benzene rings is 3. The Labute approximate surface area is 165 Å².